The standard InChI is InChI=1S/C18H22N4O2/c1-21(2)18-19-11-10-14(20-18)12-22(3)17(23)16-9-8-13-6-4-5-7-15(13)24-16/h4-7,10-11,16H,8-9,12H2,1-3H3. The molecule has 0 saturated heterocycles. The number of hydrogen-bond donors (Lipinski definition) is 0. The van der Waals surface area contributed by atoms with Gasteiger partial charge in [-0.2, -0.15) is 0 Å². The van der Waals surface area contributed by atoms with Gasteiger partial charge < -0.3 is 14.5 Å². The number of carbonyl (C=O) groups excluding carboxylic acids is 1. The van der Waals surface area contributed by atoms with E-state index in [2.05, 4.69) is 9.97 Å². The highest BCUT2D eigenvalue weighted by Crippen LogP contribution is 2.27. The number of amides is 1. The van der Waals surface area contributed by atoms with Gasteiger partial charge in [-0.3, -0.25) is 4.79 Å². The van der Waals surface area contributed by atoms with Crippen LogP contribution in [0.3, 0.4) is 0 Å². The molecule has 1 atom stereocenters. The van der Waals surface area contributed by atoms with Gasteiger partial charge in [0.25, 0.3) is 5.91 Å². The van der Waals surface area contributed by atoms with Crippen LogP contribution >= 0.6 is 0 Å². The number of para-hydroxylation sites is 1. The number of anilines is 1. The maximum atomic E-state index is 12.7. The first-order chi connectivity index (χ1) is 11.5. The molecule has 0 bridgehead atoms. The Morgan fingerprint density at radius 1 is 1.25 bits per heavy atom. The Hall–Kier alpha value is -2.63. The molecule has 0 saturated carbocycles. The van der Waals surface area contributed by atoms with Crippen LogP contribution in [0.25, 0.3) is 0 Å². The van der Waals surface area contributed by atoms with Gasteiger partial charge >= 0.3 is 0 Å². The number of fused-ring (bicyclic) bond motifs is 1. The molecular weight excluding hydrogens is 304 g/mol. The number of aromatic nitrogens is 2. The number of carbonyl (C=O) groups is 1. The van der Waals surface area contributed by atoms with Crippen molar-refractivity contribution < 1.29 is 9.53 Å². The molecule has 2 aromatic rings. The average molecular weight is 326 g/mol. The van der Waals surface area contributed by atoms with Crippen molar-refractivity contribution in [3.8, 4) is 5.75 Å². The summed E-state index contributed by atoms with van der Waals surface area (Å²) in [6.07, 6.45) is 2.84. The summed E-state index contributed by atoms with van der Waals surface area (Å²) in [4.78, 5) is 24.8. The van der Waals surface area contributed by atoms with E-state index >= 15 is 0 Å². The molecule has 0 spiro atoms. The van der Waals surface area contributed by atoms with Crippen LogP contribution in [0.1, 0.15) is 17.7 Å². The smallest absolute Gasteiger partial charge is 0.263 e. The second kappa shape index (κ2) is 6.86. The van der Waals surface area contributed by atoms with E-state index in [1.807, 2.05) is 49.3 Å². The normalized spacial score (nSPS) is 16.0. The number of likely N-dealkylation sites (N-methyl/N-ethyl adjacent to an activating group) is 1. The highest BCUT2D eigenvalue weighted by Gasteiger charge is 2.28. The van der Waals surface area contributed by atoms with Crippen LogP contribution in [0.4, 0.5) is 5.95 Å². The van der Waals surface area contributed by atoms with Crippen molar-refractivity contribution in [3.05, 3.63) is 47.8 Å². The Labute approximate surface area is 142 Å². The van der Waals surface area contributed by atoms with Crippen molar-refractivity contribution in [3.63, 3.8) is 0 Å². The van der Waals surface area contributed by atoms with Crippen LogP contribution < -0.4 is 9.64 Å². The maximum Gasteiger partial charge on any atom is 0.263 e. The average Bonchev–Trinajstić information content (AvgIpc) is 2.60. The van der Waals surface area contributed by atoms with Crippen LogP contribution in [0.15, 0.2) is 36.5 Å². The molecule has 0 N–H and O–H groups in total. The second-order valence-electron chi connectivity index (χ2n) is 6.19. The zero-order valence-electron chi connectivity index (χ0n) is 14.3. The molecule has 2 heterocycles. The molecule has 0 aliphatic carbocycles. The van der Waals surface area contributed by atoms with Gasteiger partial charge in [0.1, 0.15) is 5.75 Å². The summed E-state index contributed by atoms with van der Waals surface area (Å²) in [7, 11) is 5.56. The lowest BCUT2D eigenvalue weighted by molar-refractivity contribution is -0.138. The molecule has 6 heteroatoms. The molecular formula is C18H22N4O2. The second-order valence-corrected chi connectivity index (χ2v) is 6.19. The number of hydrogen-bond acceptors (Lipinski definition) is 5. The topological polar surface area (TPSA) is 58.6 Å². The monoisotopic (exact) mass is 326 g/mol. The number of aryl methyl sites for hydroxylation is 1. The van der Waals surface area contributed by atoms with Gasteiger partial charge in [-0.15, -0.1) is 0 Å². The molecule has 1 aromatic carbocycles. The van der Waals surface area contributed by atoms with Gasteiger partial charge in [0.05, 0.1) is 12.2 Å². The summed E-state index contributed by atoms with van der Waals surface area (Å²) in [6, 6.07) is 9.72. The van der Waals surface area contributed by atoms with Crippen LogP contribution in [0, 0.1) is 0 Å². The van der Waals surface area contributed by atoms with Gasteiger partial charge in [0.15, 0.2) is 6.10 Å². The van der Waals surface area contributed by atoms with Gasteiger partial charge in [-0.1, -0.05) is 18.2 Å². The number of benzene rings is 1. The van der Waals surface area contributed by atoms with E-state index < -0.39 is 6.10 Å². The Morgan fingerprint density at radius 2 is 2.04 bits per heavy atom. The van der Waals surface area contributed by atoms with Crippen molar-refractivity contribution in [2.45, 2.75) is 25.5 Å². The molecule has 0 radical (unpaired) electrons. The van der Waals surface area contributed by atoms with Crippen LogP contribution in [-0.4, -0.2) is 48.0 Å². The van der Waals surface area contributed by atoms with E-state index in [1.54, 1.807) is 18.1 Å². The first-order valence-corrected chi connectivity index (χ1v) is 8.03. The number of nitrogens with zero attached hydrogens (tertiary/aromatic N) is 4. The predicted octanol–water partition coefficient (Wildman–Crippen LogP) is 1.89. The third kappa shape index (κ3) is 3.48. The Bertz CT molecular complexity index is 732. The van der Waals surface area contributed by atoms with E-state index in [0.29, 0.717) is 18.9 Å². The summed E-state index contributed by atoms with van der Waals surface area (Å²) in [5, 5.41) is 0. The highest BCUT2D eigenvalue weighted by molar-refractivity contribution is 5.81. The Balaban J connectivity index is 1.66. The summed E-state index contributed by atoms with van der Waals surface area (Å²) < 4.78 is 5.88. The first-order valence-electron chi connectivity index (χ1n) is 8.03. The van der Waals surface area contributed by atoms with Crippen molar-refractivity contribution in [2.75, 3.05) is 26.0 Å². The minimum absolute atomic E-state index is 0.0190. The zero-order chi connectivity index (χ0) is 17.1. The minimum atomic E-state index is -0.431. The fourth-order valence-electron chi connectivity index (χ4n) is 2.75. The van der Waals surface area contributed by atoms with E-state index in [0.717, 1.165) is 23.4 Å². The fraction of sp³-hybridized carbons (Fsp3) is 0.389. The third-order valence-electron chi connectivity index (χ3n) is 4.07. The largest absolute Gasteiger partial charge is 0.480 e. The molecule has 1 aliphatic rings. The van der Waals surface area contributed by atoms with Crippen molar-refractivity contribution >= 4 is 11.9 Å². The van der Waals surface area contributed by atoms with E-state index in [-0.39, 0.29) is 5.91 Å². The first kappa shape index (κ1) is 16.2. The van der Waals surface area contributed by atoms with E-state index in [9.17, 15) is 4.79 Å². The molecule has 1 amide bonds. The lowest BCUT2D eigenvalue weighted by Gasteiger charge is -2.28. The van der Waals surface area contributed by atoms with Gasteiger partial charge in [-0.25, -0.2) is 9.97 Å². The van der Waals surface area contributed by atoms with Crippen LogP contribution in [0.2, 0.25) is 0 Å². The molecule has 1 aliphatic heterocycles. The van der Waals surface area contributed by atoms with Crippen molar-refractivity contribution in [1.29, 1.82) is 0 Å². The number of ether oxygens (including phenoxy) is 1. The minimum Gasteiger partial charge on any atom is -0.480 e. The SMILES string of the molecule is CN(Cc1ccnc(N(C)C)n1)C(=O)C1CCc2ccccc2O1. The molecule has 1 unspecified atom stereocenters. The van der Waals surface area contributed by atoms with E-state index in [1.165, 1.54) is 0 Å². The van der Waals surface area contributed by atoms with E-state index in [4.69, 9.17) is 4.74 Å². The quantitative estimate of drug-likeness (QED) is 0.859. The predicted molar refractivity (Wildman–Crippen MR) is 92.0 cm³/mol. The lowest BCUT2D eigenvalue weighted by Crippen LogP contribution is -2.41. The molecule has 24 heavy (non-hydrogen) atoms. The molecule has 1 aromatic heterocycles. The third-order valence-corrected chi connectivity index (χ3v) is 4.07. The van der Waals surface area contributed by atoms with Crippen molar-refractivity contribution in [1.82, 2.24) is 14.9 Å². The van der Waals surface area contributed by atoms with Gasteiger partial charge in [0.2, 0.25) is 5.95 Å². The Kier molecular flexibility index (Phi) is 4.64. The number of rotatable bonds is 4. The molecule has 0 fully saturated rings. The summed E-state index contributed by atoms with van der Waals surface area (Å²) in [6.45, 7) is 0.434. The molecule has 3 rings (SSSR count). The highest BCUT2D eigenvalue weighted by atomic mass is 16.5. The molecule has 6 nitrogen and oxygen atoms in total. The molecule has 126 valence electrons. The zero-order valence-corrected chi connectivity index (χ0v) is 14.3. The fourth-order valence-corrected chi connectivity index (χ4v) is 2.75. The van der Waals surface area contributed by atoms with Gasteiger partial charge in [0, 0.05) is 27.3 Å². The summed E-state index contributed by atoms with van der Waals surface area (Å²) in [5.41, 5.74) is 1.97. The summed E-state index contributed by atoms with van der Waals surface area (Å²) >= 11 is 0. The lowest BCUT2D eigenvalue weighted by atomic mass is 10.0. The summed E-state index contributed by atoms with van der Waals surface area (Å²) in [5.74, 6) is 1.43. The van der Waals surface area contributed by atoms with Crippen molar-refractivity contribution in [2.24, 2.45) is 0 Å². The Morgan fingerprint density at radius 3 is 2.83 bits per heavy atom. The van der Waals surface area contributed by atoms with Crippen LogP contribution in [0.5, 0.6) is 5.75 Å². The van der Waals surface area contributed by atoms with Gasteiger partial charge in [-0.05, 0) is 30.5 Å². The maximum absolute atomic E-state index is 12.7. The van der Waals surface area contributed by atoms with Crippen LogP contribution in [-0.2, 0) is 17.8 Å².